The highest BCUT2D eigenvalue weighted by Crippen LogP contribution is 2.12. The van der Waals surface area contributed by atoms with Gasteiger partial charge >= 0.3 is 0 Å². The Morgan fingerprint density at radius 3 is 2.09 bits per heavy atom. The summed E-state index contributed by atoms with van der Waals surface area (Å²) in [6.45, 7) is 6.76. The molecule has 1 aromatic carbocycles. The molecule has 1 fully saturated rings. The molecule has 1 saturated heterocycles. The third kappa shape index (κ3) is 4.81. The smallest absolute Gasteiger partial charge is 0.253 e. The average Bonchev–Trinajstić information content (AvgIpc) is 2.60. The predicted octanol–water partition coefficient (Wildman–Crippen LogP) is 3.11. The van der Waals surface area contributed by atoms with Gasteiger partial charge in [-0.1, -0.05) is 32.4 Å². The van der Waals surface area contributed by atoms with Crippen molar-refractivity contribution < 1.29 is 9.59 Å². The maximum Gasteiger partial charge on any atom is 0.253 e. The van der Waals surface area contributed by atoms with Gasteiger partial charge in [-0.15, -0.1) is 0 Å². The van der Waals surface area contributed by atoms with E-state index in [2.05, 4.69) is 19.1 Å². The first kappa shape index (κ1) is 17.5. The predicted molar refractivity (Wildman–Crippen MR) is 92.4 cm³/mol. The van der Waals surface area contributed by atoms with Gasteiger partial charge in [-0.2, -0.15) is 0 Å². The van der Waals surface area contributed by atoms with Crippen LogP contribution in [0.5, 0.6) is 0 Å². The maximum atomic E-state index is 12.5. The minimum absolute atomic E-state index is 0.0784. The Hall–Kier alpha value is -1.84. The molecule has 2 rings (SSSR count). The second kappa shape index (κ2) is 8.70. The normalized spacial score (nSPS) is 14.9. The Balaban J connectivity index is 1.88. The summed E-state index contributed by atoms with van der Waals surface area (Å²) in [6, 6.07) is 7.98. The highest BCUT2D eigenvalue weighted by molar-refractivity contribution is 5.94. The van der Waals surface area contributed by atoms with Crippen molar-refractivity contribution in [2.24, 2.45) is 0 Å². The van der Waals surface area contributed by atoms with Gasteiger partial charge in [0.2, 0.25) is 5.91 Å². The summed E-state index contributed by atoms with van der Waals surface area (Å²) in [5.41, 5.74) is 2.04. The molecule has 0 radical (unpaired) electrons. The number of nitrogens with zero attached hydrogens (tertiary/aromatic N) is 2. The van der Waals surface area contributed by atoms with Crippen LogP contribution in [-0.2, 0) is 11.2 Å². The van der Waals surface area contributed by atoms with Crippen LogP contribution in [0.4, 0.5) is 0 Å². The van der Waals surface area contributed by atoms with Crippen molar-refractivity contribution in [3.63, 3.8) is 0 Å². The molecule has 1 aliphatic rings. The zero-order valence-electron chi connectivity index (χ0n) is 14.4. The molecule has 0 aromatic heterocycles. The van der Waals surface area contributed by atoms with Crippen molar-refractivity contribution in [3.05, 3.63) is 35.4 Å². The van der Waals surface area contributed by atoms with Crippen LogP contribution in [-0.4, -0.2) is 47.8 Å². The number of rotatable bonds is 6. The lowest BCUT2D eigenvalue weighted by Gasteiger charge is -2.34. The average molecular weight is 316 g/mol. The highest BCUT2D eigenvalue weighted by atomic mass is 16.2. The second-order valence-electron chi connectivity index (χ2n) is 6.22. The molecular formula is C19H28N2O2. The van der Waals surface area contributed by atoms with Gasteiger partial charge in [0.05, 0.1) is 0 Å². The van der Waals surface area contributed by atoms with Crippen molar-refractivity contribution in [1.82, 2.24) is 9.80 Å². The van der Waals surface area contributed by atoms with Crippen molar-refractivity contribution in [3.8, 4) is 0 Å². The van der Waals surface area contributed by atoms with E-state index in [4.69, 9.17) is 0 Å². The SMILES string of the molecule is CCCCc1ccc(C(=O)N2CCN(C(=O)CCC)CC2)cc1. The van der Waals surface area contributed by atoms with E-state index in [9.17, 15) is 9.59 Å². The van der Waals surface area contributed by atoms with Crippen molar-refractivity contribution >= 4 is 11.8 Å². The number of amides is 2. The minimum atomic E-state index is 0.0784. The first-order valence-electron chi connectivity index (χ1n) is 8.81. The molecule has 0 bridgehead atoms. The Morgan fingerprint density at radius 2 is 1.52 bits per heavy atom. The number of hydrogen-bond donors (Lipinski definition) is 0. The fraction of sp³-hybridized carbons (Fsp3) is 0.579. The minimum Gasteiger partial charge on any atom is -0.339 e. The third-order valence-corrected chi connectivity index (χ3v) is 4.40. The highest BCUT2D eigenvalue weighted by Gasteiger charge is 2.24. The van der Waals surface area contributed by atoms with E-state index in [0.717, 1.165) is 18.4 Å². The van der Waals surface area contributed by atoms with Gasteiger partial charge in [0.1, 0.15) is 0 Å². The van der Waals surface area contributed by atoms with Gasteiger partial charge in [0, 0.05) is 38.2 Å². The van der Waals surface area contributed by atoms with Crippen LogP contribution in [0.3, 0.4) is 0 Å². The van der Waals surface area contributed by atoms with E-state index < -0.39 is 0 Å². The molecule has 126 valence electrons. The fourth-order valence-electron chi connectivity index (χ4n) is 2.91. The maximum absolute atomic E-state index is 12.5. The molecule has 1 aromatic rings. The zero-order valence-corrected chi connectivity index (χ0v) is 14.4. The molecule has 23 heavy (non-hydrogen) atoms. The van der Waals surface area contributed by atoms with Crippen LogP contribution >= 0.6 is 0 Å². The Bertz CT molecular complexity index is 517. The Morgan fingerprint density at radius 1 is 0.913 bits per heavy atom. The van der Waals surface area contributed by atoms with Crippen molar-refractivity contribution in [2.45, 2.75) is 46.0 Å². The molecule has 0 saturated carbocycles. The summed E-state index contributed by atoms with van der Waals surface area (Å²) in [5.74, 6) is 0.287. The molecule has 4 nitrogen and oxygen atoms in total. The quantitative estimate of drug-likeness (QED) is 0.809. The van der Waals surface area contributed by atoms with E-state index in [1.807, 2.05) is 28.9 Å². The number of benzene rings is 1. The summed E-state index contributed by atoms with van der Waals surface area (Å²) >= 11 is 0. The summed E-state index contributed by atoms with van der Waals surface area (Å²) < 4.78 is 0. The largest absolute Gasteiger partial charge is 0.339 e. The van der Waals surface area contributed by atoms with E-state index in [-0.39, 0.29) is 11.8 Å². The first-order valence-corrected chi connectivity index (χ1v) is 8.81. The summed E-state index contributed by atoms with van der Waals surface area (Å²) in [7, 11) is 0. The topological polar surface area (TPSA) is 40.6 Å². The molecule has 2 amide bonds. The molecular weight excluding hydrogens is 288 g/mol. The fourth-order valence-corrected chi connectivity index (χ4v) is 2.91. The van der Waals surface area contributed by atoms with Gasteiger partial charge in [-0.05, 0) is 37.0 Å². The summed E-state index contributed by atoms with van der Waals surface area (Å²) in [5, 5.41) is 0. The lowest BCUT2D eigenvalue weighted by molar-refractivity contribution is -0.132. The number of aryl methyl sites for hydroxylation is 1. The molecule has 0 spiro atoms. The van der Waals surface area contributed by atoms with Crippen molar-refractivity contribution in [1.29, 1.82) is 0 Å². The molecule has 1 heterocycles. The zero-order chi connectivity index (χ0) is 16.7. The molecule has 0 N–H and O–H groups in total. The molecule has 0 unspecified atom stereocenters. The number of carbonyl (C=O) groups excluding carboxylic acids is 2. The van der Waals surface area contributed by atoms with E-state index in [1.54, 1.807) is 0 Å². The standard InChI is InChI=1S/C19H28N2O2/c1-3-5-7-16-8-10-17(11-9-16)19(23)21-14-12-20(13-15-21)18(22)6-4-2/h8-11H,3-7,12-15H2,1-2H3. The van der Waals surface area contributed by atoms with Crippen LogP contribution in [0.1, 0.15) is 55.5 Å². The molecule has 0 atom stereocenters. The summed E-state index contributed by atoms with van der Waals surface area (Å²) in [6.07, 6.45) is 4.92. The second-order valence-corrected chi connectivity index (χ2v) is 6.22. The molecule has 4 heteroatoms. The van der Waals surface area contributed by atoms with Gasteiger partial charge in [-0.25, -0.2) is 0 Å². The molecule has 0 aliphatic carbocycles. The van der Waals surface area contributed by atoms with Crippen LogP contribution in [0, 0.1) is 0 Å². The van der Waals surface area contributed by atoms with Crippen LogP contribution in [0.25, 0.3) is 0 Å². The summed E-state index contributed by atoms with van der Waals surface area (Å²) in [4.78, 5) is 28.2. The van der Waals surface area contributed by atoms with E-state index >= 15 is 0 Å². The number of piperazine rings is 1. The monoisotopic (exact) mass is 316 g/mol. The lowest BCUT2D eigenvalue weighted by atomic mass is 10.1. The van der Waals surface area contributed by atoms with Crippen LogP contribution < -0.4 is 0 Å². The van der Waals surface area contributed by atoms with Crippen LogP contribution in [0.15, 0.2) is 24.3 Å². The Labute approximate surface area is 139 Å². The van der Waals surface area contributed by atoms with Gasteiger partial charge in [-0.3, -0.25) is 9.59 Å². The van der Waals surface area contributed by atoms with Gasteiger partial charge in [0.15, 0.2) is 0 Å². The lowest BCUT2D eigenvalue weighted by Crippen LogP contribution is -2.50. The van der Waals surface area contributed by atoms with Crippen molar-refractivity contribution in [2.75, 3.05) is 26.2 Å². The number of carbonyl (C=O) groups is 2. The van der Waals surface area contributed by atoms with Crippen LogP contribution in [0.2, 0.25) is 0 Å². The first-order chi connectivity index (χ1) is 11.2. The third-order valence-electron chi connectivity index (χ3n) is 4.40. The molecule has 1 aliphatic heterocycles. The number of unbranched alkanes of at least 4 members (excludes halogenated alkanes) is 1. The van der Waals surface area contributed by atoms with Gasteiger partial charge < -0.3 is 9.80 Å². The number of hydrogen-bond acceptors (Lipinski definition) is 2. The van der Waals surface area contributed by atoms with E-state index in [0.29, 0.717) is 32.6 Å². The van der Waals surface area contributed by atoms with E-state index in [1.165, 1.54) is 18.4 Å². The van der Waals surface area contributed by atoms with Gasteiger partial charge in [0.25, 0.3) is 5.91 Å². The Kier molecular flexibility index (Phi) is 6.63.